The molecule has 1 aliphatic rings. The minimum atomic E-state index is 0.428. The first kappa shape index (κ1) is 19.0. The van der Waals surface area contributed by atoms with Gasteiger partial charge in [-0.25, -0.2) is 4.98 Å². The number of hydrogen-bond acceptors (Lipinski definition) is 5. The van der Waals surface area contributed by atoms with Crippen molar-refractivity contribution in [3.05, 3.63) is 59.8 Å². The van der Waals surface area contributed by atoms with Gasteiger partial charge in [0.1, 0.15) is 5.82 Å². The SMILES string of the molecule is CC(C)C1CN(c2cnc3ccccc3n2)CCN1CNc1ccccc1Cl. The van der Waals surface area contributed by atoms with Crippen LogP contribution in [-0.2, 0) is 0 Å². The van der Waals surface area contributed by atoms with E-state index >= 15 is 0 Å². The predicted molar refractivity (Wildman–Crippen MR) is 117 cm³/mol. The fourth-order valence-corrected chi connectivity index (χ4v) is 3.98. The Balaban J connectivity index is 1.47. The summed E-state index contributed by atoms with van der Waals surface area (Å²) in [5.41, 5.74) is 2.87. The highest BCUT2D eigenvalue weighted by Crippen LogP contribution is 2.24. The number of piperazine rings is 1. The molecule has 0 aliphatic carbocycles. The van der Waals surface area contributed by atoms with E-state index in [1.165, 1.54) is 0 Å². The lowest BCUT2D eigenvalue weighted by Crippen LogP contribution is -2.56. The van der Waals surface area contributed by atoms with E-state index < -0.39 is 0 Å². The van der Waals surface area contributed by atoms with Crippen LogP contribution in [0.3, 0.4) is 0 Å². The molecule has 0 radical (unpaired) electrons. The van der Waals surface area contributed by atoms with Crippen LogP contribution in [0.2, 0.25) is 5.02 Å². The first-order valence-corrected chi connectivity index (χ1v) is 10.2. The Kier molecular flexibility index (Phi) is 5.64. The summed E-state index contributed by atoms with van der Waals surface area (Å²) in [5, 5.41) is 4.25. The quantitative estimate of drug-likeness (QED) is 0.689. The van der Waals surface area contributed by atoms with Gasteiger partial charge in [0, 0.05) is 25.7 Å². The highest BCUT2D eigenvalue weighted by Gasteiger charge is 2.30. The first-order valence-electron chi connectivity index (χ1n) is 9.81. The summed E-state index contributed by atoms with van der Waals surface area (Å²) in [6.07, 6.45) is 1.90. The molecule has 2 aromatic carbocycles. The molecule has 1 aliphatic heterocycles. The van der Waals surface area contributed by atoms with Gasteiger partial charge < -0.3 is 10.2 Å². The van der Waals surface area contributed by atoms with Gasteiger partial charge >= 0.3 is 0 Å². The summed E-state index contributed by atoms with van der Waals surface area (Å²) < 4.78 is 0. The van der Waals surface area contributed by atoms with Crippen LogP contribution in [-0.4, -0.2) is 47.2 Å². The summed E-state index contributed by atoms with van der Waals surface area (Å²) in [6, 6.07) is 16.4. The number of nitrogens with zero attached hydrogens (tertiary/aromatic N) is 4. The molecule has 1 saturated heterocycles. The molecule has 2 heterocycles. The zero-order chi connectivity index (χ0) is 19.5. The van der Waals surface area contributed by atoms with Gasteiger partial charge in [0.25, 0.3) is 0 Å². The molecular weight excluding hydrogens is 370 g/mol. The van der Waals surface area contributed by atoms with E-state index in [0.29, 0.717) is 12.0 Å². The molecule has 6 heteroatoms. The third kappa shape index (κ3) is 4.05. The zero-order valence-corrected chi connectivity index (χ0v) is 17.1. The fraction of sp³-hybridized carbons (Fsp3) is 0.364. The summed E-state index contributed by atoms with van der Waals surface area (Å²) in [7, 11) is 0. The van der Waals surface area contributed by atoms with E-state index in [1.807, 2.05) is 54.7 Å². The van der Waals surface area contributed by atoms with Crippen LogP contribution in [0.15, 0.2) is 54.7 Å². The van der Waals surface area contributed by atoms with Crippen LogP contribution in [0.5, 0.6) is 0 Å². The van der Waals surface area contributed by atoms with Crippen molar-refractivity contribution in [2.24, 2.45) is 5.92 Å². The molecule has 1 N–H and O–H groups in total. The minimum Gasteiger partial charge on any atom is -0.371 e. The molecule has 1 fully saturated rings. The number of fused-ring (bicyclic) bond motifs is 1. The molecule has 146 valence electrons. The highest BCUT2D eigenvalue weighted by molar-refractivity contribution is 6.33. The van der Waals surface area contributed by atoms with Crippen LogP contribution in [0, 0.1) is 5.92 Å². The maximum Gasteiger partial charge on any atom is 0.147 e. The van der Waals surface area contributed by atoms with E-state index in [1.54, 1.807) is 0 Å². The Labute approximate surface area is 171 Å². The molecule has 1 unspecified atom stereocenters. The van der Waals surface area contributed by atoms with Crippen LogP contribution >= 0.6 is 11.6 Å². The van der Waals surface area contributed by atoms with Crippen molar-refractivity contribution in [3.8, 4) is 0 Å². The van der Waals surface area contributed by atoms with Gasteiger partial charge in [-0.2, -0.15) is 0 Å². The van der Waals surface area contributed by atoms with Crippen LogP contribution in [0.1, 0.15) is 13.8 Å². The topological polar surface area (TPSA) is 44.3 Å². The maximum absolute atomic E-state index is 6.29. The van der Waals surface area contributed by atoms with Gasteiger partial charge in [-0.15, -0.1) is 0 Å². The third-order valence-electron chi connectivity index (χ3n) is 5.41. The lowest BCUT2D eigenvalue weighted by atomic mass is 10.00. The molecule has 0 spiro atoms. The monoisotopic (exact) mass is 395 g/mol. The Hall–Kier alpha value is -2.37. The largest absolute Gasteiger partial charge is 0.371 e. The Morgan fingerprint density at radius 2 is 1.82 bits per heavy atom. The second kappa shape index (κ2) is 8.33. The van der Waals surface area contributed by atoms with E-state index in [2.05, 4.69) is 33.9 Å². The lowest BCUT2D eigenvalue weighted by molar-refractivity contribution is 0.148. The Bertz CT molecular complexity index is 945. The van der Waals surface area contributed by atoms with Crippen molar-refractivity contribution in [3.63, 3.8) is 0 Å². The van der Waals surface area contributed by atoms with Crippen LogP contribution in [0.25, 0.3) is 11.0 Å². The molecule has 1 atom stereocenters. The summed E-state index contributed by atoms with van der Waals surface area (Å²) >= 11 is 6.29. The van der Waals surface area contributed by atoms with Crippen molar-refractivity contribution < 1.29 is 0 Å². The number of benzene rings is 2. The van der Waals surface area contributed by atoms with Crippen molar-refractivity contribution in [1.82, 2.24) is 14.9 Å². The second-order valence-corrected chi connectivity index (χ2v) is 8.01. The first-order chi connectivity index (χ1) is 13.6. The molecule has 0 amide bonds. The number of halogens is 1. The number of hydrogen-bond donors (Lipinski definition) is 1. The maximum atomic E-state index is 6.29. The summed E-state index contributed by atoms with van der Waals surface area (Å²) in [5.74, 6) is 1.49. The third-order valence-corrected chi connectivity index (χ3v) is 5.74. The van der Waals surface area contributed by atoms with E-state index in [9.17, 15) is 0 Å². The number of para-hydroxylation sites is 3. The van der Waals surface area contributed by atoms with Gasteiger partial charge in [0.2, 0.25) is 0 Å². The van der Waals surface area contributed by atoms with Crippen molar-refractivity contribution >= 4 is 34.1 Å². The second-order valence-electron chi connectivity index (χ2n) is 7.60. The molecule has 4 rings (SSSR count). The molecule has 0 saturated carbocycles. The van der Waals surface area contributed by atoms with Crippen molar-refractivity contribution in [2.75, 3.05) is 36.5 Å². The van der Waals surface area contributed by atoms with Gasteiger partial charge in [-0.3, -0.25) is 9.88 Å². The van der Waals surface area contributed by atoms with Gasteiger partial charge in [0.05, 0.1) is 34.6 Å². The Morgan fingerprint density at radius 3 is 2.61 bits per heavy atom. The van der Waals surface area contributed by atoms with E-state index in [4.69, 9.17) is 16.6 Å². The van der Waals surface area contributed by atoms with E-state index in [0.717, 1.165) is 53.9 Å². The van der Waals surface area contributed by atoms with Crippen molar-refractivity contribution in [1.29, 1.82) is 0 Å². The number of nitrogens with one attached hydrogen (secondary N) is 1. The van der Waals surface area contributed by atoms with Crippen LogP contribution < -0.4 is 10.2 Å². The fourth-order valence-electron chi connectivity index (χ4n) is 3.78. The summed E-state index contributed by atoms with van der Waals surface area (Å²) in [6.45, 7) is 8.18. The van der Waals surface area contributed by atoms with E-state index in [-0.39, 0.29) is 0 Å². The zero-order valence-electron chi connectivity index (χ0n) is 16.3. The smallest absolute Gasteiger partial charge is 0.147 e. The average Bonchev–Trinajstić information content (AvgIpc) is 2.72. The molecule has 3 aromatic rings. The van der Waals surface area contributed by atoms with Crippen LogP contribution in [0.4, 0.5) is 11.5 Å². The number of rotatable bonds is 5. The minimum absolute atomic E-state index is 0.428. The molecule has 1 aromatic heterocycles. The van der Waals surface area contributed by atoms with Gasteiger partial charge in [-0.1, -0.05) is 49.7 Å². The normalized spacial score (nSPS) is 18.0. The van der Waals surface area contributed by atoms with Crippen molar-refractivity contribution in [2.45, 2.75) is 19.9 Å². The number of anilines is 2. The highest BCUT2D eigenvalue weighted by atomic mass is 35.5. The standard InChI is InChI=1S/C22H26ClN5/c1-16(2)21-14-27(22-13-24-19-9-5-6-10-20(19)26-22)11-12-28(21)15-25-18-8-4-3-7-17(18)23/h3-10,13,16,21,25H,11-12,14-15H2,1-2H3. The molecular formula is C22H26ClN5. The Morgan fingerprint density at radius 1 is 1.07 bits per heavy atom. The average molecular weight is 396 g/mol. The molecule has 0 bridgehead atoms. The predicted octanol–water partition coefficient (Wildman–Crippen LogP) is 4.50. The molecule has 5 nitrogen and oxygen atoms in total. The lowest BCUT2D eigenvalue weighted by Gasteiger charge is -2.43. The van der Waals surface area contributed by atoms with Gasteiger partial charge in [-0.05, 0) is 30.2 Å². The van der Waals surface area contributed by atoms with Gasteiger partial charge in [0.15, 0.2) is 0 Å². The summed E-state index contributed by atoms with van der Waals surface area (Å²) in [4.78, 5) is 14.3. The molecule has 28 heavy (non-hydrogen) atoms. The number of aromatic nitrogens is 2.